The Kier molecular flexibility index (Phi) is 1.99. The van der Waals surface area contributed by atoms with Crippen molar-refractivity contribution in [3.63, 3.8) is 0 Å². The number of hydrogen-bond acceptors (Lipinski definition) is 1. The molecule has 88 valence electrons. The lowest BCUT2D eigenvalue weighted by Gasteiger charge is -2.27. The smallest absolute Gasteiger partial charge is 0.171 e. The molecule has 1 nitrogen and oxygen atoms in total. The van der Waals surface area contributed by atoms with Gasteiger partial charge in [0.05, 0.1) is 5.92 Å². The lowest BCUT2D eigenvalue weighted by Crippen LogP contribution is -2.19. The number of carbonyl (C=O) groups excluding carboxylic acids is 1. The molecule has 2 aliphatic carbocycles. The fourth-order valence-corrected chi connectivity index (χ4v) is 3.63. The third kappa shape index (κ3) is 1.19. The van der Waals surface area contributed by atoms with Crippen LogP contribution in [0.15, 0.2) is 48.5 Å². The molecule has 0 N–H and O–H groups in total. The summed E-state index contributed by atoms with van der Waals surface area (Å²) < 4.78 is 0. The zero-order chi connectivity index (χ0) is 12.1. The Morgan fingerprint density at radius 3 is 2.50 bits per heavy atom. The predicted octanol–water partition coefficient (Wildman–Crippen LogP) is 3.70. The Bertz CT molecular complexity index is 642. The summed E-state index contributed by atoms with van der Waals surface area (Å²) in [7, 11) is 0. The summed E-state index contributed by atoms with van der Waals surface area (Å²) >= 11 is 0. The molecule has 2 atom stereocenters. The van der Waals surface area contributed by atoms with E-state index < -0.39 is 0 Å². The minimum atomic E-state index is 0.0762. The monoisotopic (exact) mass is 234 g/mol. The van der Waals surface area contributed by atoms with E-state index in [4.69, 9.17) is 0 Å². The zero-order valence-corrected chi connectivity index (χ0v) is 10.1. The van der Waals surface area contributed by atoms with Gasteiger partial charge in [-0.25, -0.2) is 0 Å². The second-order valence-electron chi connectivity index (χ2n) is 5.27. The van der Waals surface area contributed by atoms with Gasteiger partial charge < -0.3 is 0 Å². The van der Waals surface area contributed by atoms with Crippen molar-refractivity contribution in [2.24, 2.45) is 0 Å². The van der Waals surface area contributed by atoms with E-state index in [1.165, 1.54) is 16.7 Å². The summed E-state index contributed by atoms with van der Waals surface area (Å²) in [5, 5.41) is 0. The van der Waals surface area contributed by atoms with Crippen LogP contribution in [0.5, 0.6) is 0 Å². The van der Waals surface area contributed by atoms with Crippen molar-refractivity contribution in [3.8, 4) is 0 Å². The third-order valence-electron chi connectivity index (χ3n) is 4.43. The summed E-state index contributed by atoms with van der Waals surface area (Å²) in [5.74, 6) is 0.804. The molecule has 0 aliphatic heterocycles. The van der Waals surface area contributed by atoms with E-state index in [0.717, 1.165) is 18.4 Å². The van der Waals surface area contributed by atoms with Crippen LogP contribution in [0.3, 0.4) is 0 Å². The first-order valence-electron chi connectivity index (χ1n) is 6.57. The highest BCUT2D eigenvalue weighted by Crippen LogP contribution is 2.49. The van der Waals surface area contributed by atoms with Crippen LogP contribution in [-0.2, 0) is 6.42 Å². The summed E-state index contributed by atoms with van der Waals surface area (Å²) in [6.45, 7) is 0. The molecule has 2 aromatic rings. The molecule has 1 heteroatoms. The first-order valence-corrected chi connectivity index (χ1v) is 6.57. The van der Waals surface area contributed by atoms with Crippen molar-refractivity contribution in [2.75, 3.05) is 0 Å². The first kappa shape index (κ1) is 10.1. The van der Waals surface area contributed by atoms with Gasteiger partial charge in [0.2, 0.25) is 0 Å². The second-order valence-corrected chi connectivity index (χ2v) is 5.27. The van der Waals surface area contributed by atoms with Gasteiger partial charge in [-0.1, -0.05) is 48.5 Å². The largest absolute Gasteiger partial charge is 0.293 e. The Morgan fingerprint density at radius 1 is 0.889 bits per heavy atom. The van der Waals surface area contributed by atoms with Crippen LogP contribution in [-0.4, -0.2) is 5.78 Å². The fourth-order valence-electron chi connectivity index (χ4n) is 3.63. The predicted molar refractivity (Wildman–Crippen MR) is 71.0 cm³/mol. The number of rotatable bonds is 0. The second kappa shape index (κ2) is 3.55. The van der Waals surface area contributed by atoms with E-state index in [1.807, 2.05) is 12.1 Å². The van der Waals surface area contributed by atoms with Crippen molar-refractivity contribution in [1.82, 2.24) is 0 Å². The minimum Gasteiger partial charge on any atom is -0.293 e. The summed E-state index contributed by atoms with van der Waals surface area (Å²) in [6, 6.07) is 16.6. The number of Topliss-reactive ketones (excluding diaryl/α,β-unsaturated/α-hetero) is 1. The Hall–Kier alpha value is -1.89. The Labute approximate surface area is 106 Å². The van der Waals surface area contributed by atoms with Crippen molar-refractivity contribution >= 4 is 5.78 Å². The lowest BCUT2D eigenvalue weighted by atomic mass is 9.75. The molecule has 2 aromatic carbocycles. The Morgan fingerprint density at radius 2 is 1.61 bits per heavy atom. The van der Waals surface area contributed by atoms with Crippen LogP contribution in [0.2, 0.25) is 0 Å². The van der Waals surface area contributed by atoms with Gasteiger partial charge in [-0.15, -0.1) is 0 Å². The van der Waals surface area contributed by atoms with Crippen molar-refractivity contribution in [1.29, 1.82) is 0 Å². The summed E-state index contributed by atoms with van der Waals surface area (Å²) in [4.78, 5) is 12.6. The molecule has 2 unspecified atom stereocenters. The summed E-state index contributed by atoms with van der Waals surface area (Å²) in [5.41, 5.74) is 4.83. The van der Waals surface area contributed by atoms with Crippen LogP contribution in [0.25, 0.3) is 0 Å². The molecule has 0 radical (unpaired) electrons. The maximum atomic E-state index is 12.6. The molecule has 0 heterocycles. The molecule has 0 saturated carbocycles. The molecule has 18 heavy (non-hydrogen) atoms. The van der Waals surface area contributed by atoms with E-state index in [-0.39, 0.29) is 5.92 Å². The lowest BCUT2D eigenvalue weighted by molar-refractivity contribution is 0.0960. The van der Waals surface area contributed by atoms with E-state index in [1.54, 1.807) is 0 Å². The van der Waals surface area contributed by atoms with Gasteiger partial charge in [-0.3, -0.25) is 4.79 Å². The van der Waals surface area contributed by atoms with E-state index in [2.05, 4.69) is 36.4 Å². The molecule has 0 aromatic heterocycles. The maximum absolute atomic E-state index is 12.6. The van der Waals surface area contributed by atoms with Crippen LogP contribution >= 0.6 is 0 Å². The molecule has 0 bridgehead atoms. The molecule has 0 saturated heterocycles. The highest BCUT2D eigenvalue weighted by atomic mass is 16.1. The molecular weight excluding hydrogens is 220 g/mol. The average molecular weight is 234 g/mol. The minimum absolute atomic E-state index is 0.0762. The topological polar surface area (TPSA) is 17.1 Å². The van der Waals surface area contributed by atoms with Crippen LogP contribution in [0.4, 0.5) is 0 Å². The van der Waals surface area contributed by atoms with Gasteiger partial charge in [0, 0.05) is 5.56 Å². The number of hydrogen-bond donors (Lipinski definition) is 0. The highest BCUT2D eigenvalue weighted by molar-refractivity contribution is 6.06. The van der Waals surface area contributed by atoms with E-state index in [0.29, 0.717) is 11.7 Å². The quantitative estimate of drug-likeness (QED) is 0.679. The number of fused-ring (bicyclic) bond motifs is 5. The van der Waals surface area contributed by atoms with Crippen LogP contribution in [0.1, 0.15) is 45.3 Å². The number of benzene rings is 2. The third-order valence-corrected chi connectivity index (χ3v) is 4.43. The molecule has 2 aliphatic rings. The van der Waals surface area contributed by atoms with Crippen molar-refractivity contribution in [2.45, 2.75) is 24.7 Å². The van der Waals surface area contributed by atoms with Crippen molar-refractivity contribution < 1.29 is 4.79 Å². The zero-order valence-electron chi connectivity index (χ0n) is 10.1. The normalized spacial score (nSPS) is 24.3. The van der Waals surface area contributed by atoms with Gasteiger partial charge in [-0.05, 0) is 35.4 Å². The van der Waals surface area contributed by atoms with Gasteiger partial charge in [-0.2, -0.15) is 0 Å². The molecule has 0 amide bonds. The Balaban J connectivity index is 1.93. The van der Waals surface area contributed by atoms with Crippen LogP contribution < -0.4 is 0 Å². The van der Waals surface area contributed by atoms with Gasteiger partial charge in [0.15, 0.2) is 5.78 Å². The van der Waals surface area contributed by atoms with E-state index >= 15 is 0 Å². The number of ketones is 1. The number of aryl methyl sites for hydroxylation is 1. The van der Waals surface area contributed by atoms with Gasteiger partial charge >= 0.3 is 0 Å². The molecule has 0 spiro atoms. The van der Waals surface area contributed by atoms with Gasteiger partial charge in [0.1, 0.15) is 0 Å². The summed E-state index contributed by atoms with van der Waals surface area (Å²) in [6.07, 6.45) is 2.20. The average Bonchev–Trinajstić information content (AvgIpc) is 2.73. The number of carbonyl (C=O) groups is 1. The fraction of sp³-hybridized carbons (Fsp3) is 0.235. The molecular formula is C17H14O. The van der Waals surface area contributed by atoms with E-state index in [9.17, 15) is 4.79 Å². The highest BCUT2D eigenvalue weighted by Gasteiger charge is 2.42. The standard InChI is InChI=1S/C17H14O/c18-17-15-8-4-3-7-13(15)14-10-9-11-5-1-2-6-12(11)16(14)17/h1-8,14,16H,9-10H2. The van der Waals surface area contributed by atoms with Crippen molar-refractivity contribution in [3.05, 3.63) is 70.8 Å². The molecule has 4 rings (SSSR count). The van der Waals surface area contributed by atoms with Crippen LogP contribution in [0, 0.1) is 0 Å². The molecule has 0 fully saturated rings. The van der Waals surface area contributed by atoms with Gasteiger partial charge in [0.25, 0.3) is 0 Å². The SMILES string of the molecule is O=C1c2ccccc2C2CCc3ccccc3C12. The maximum Gasteiger partial charge on any atom is 0.171 e. The first-order chi connectivity index (χ1) is 8.86.